The molecule has 1 unspecified atom stereocenters. The molecule has 1 fully saturated rings. The average molecular weight is 305 g/mol. The van der Waals surface area contributed by atoms with Crippen molar-refractivity contribution in [2.24, 2.45) is 0 Å². The molecule has 1 heterocycles. The molecule has 1 aliphatic rings. The zero-order chi connectivity index (χ0) is 14.8. The minimum Gasteiger partial charge on any atom is -0.467 e. The highest BCUT2D eigenvalue weighted by molar-refractivity contribution is 6.33. The number of rotatable bonds is 6. The van der Waals surface area contributed by atoms with Crippen molar-refractivity contribution in [3.8, 4) is 0 Å². The van der Waals surface area contributed by atoms with Gasteiger partial charge in [-0.15, -0.1) is 0 Å². The Hall–Kier alpha value is -1.45. The molecular weight excluding hydrogens is 284 g/mol. The summed E-state index contributed by atoms with van der Waals surface area (Å²) < 4.78 is 5.49. The van der Waals surface area contributed by atoms with E-state index in [1.807, 2.05) is 19.2 Å². The fourth-order valence-corrected chi connectivity index (χ4v) is 2.86. The molecule has 1 aromatic carbocycles. The van der Waals surface area contributed by atoms with Gasteiger partial charge in [0.15, 0.2) is 0 Å². The minimum atomic E-state index is 0.302. The lowest BCUT2D eigenvalue weighted by Gasteiger charge is -2.25. The normalized spacial score (nSPS) is 16.0. The van der Waals surface area contributed by atoms with Crippen LogP contribution in [0.25, 0.3) is 0 Å². The summed E-state index contributed by atoms with van der Waals surface area (Å²) in [5.41, 5.74) is 2.31. The van der Waals surface area contributed by atoms with E-state index in [0.717, 1.165) is 23.0 Å². The maximum Gasteiger partial charge on any atom is 0.123 e. The van der Waals surface area contributed by atoms with Crippen LogP contribution in [0.2, 0.25) is 5.02 Å². The minimum absolute atomic E-state index is 0.302. The second kappa shape index (κ2) is 6.12. The third-order valence-corrected chi connectivity index (χ3v) is 4.41. The predicted octanol–water partition coefficient (Wildman–Crippen LogP) is 4.38. The Bertz CT molecular complexity index is 593. The fraction of sp³-hybridized carbons (Fsp3) is 0.412. The summed E-state index contributed by atoms with van der Waals surface area (Å²) in [6.45, 7) is 2.91. The first-order valence-corrected chi connectivity index (χ1v) is 7.82. The van der Waals surface area contributed by atoms with Crippen LogP contribution in [0.4, 0.5) is 5.69 Å². The van der Waals surface area contributed by atoms with Crippen molar-refractivity contribution in [3.63, 3.8) is 0 Å². The van der Waals surface area contributed by atoms with E-state index in [4.69, 9.17) is 16.0 Å². The Morgan fingerprint density at radius 1 is 1.38 bits per heavy atom. The molecule has 0 aliphatic heterocycles. The molecule has 0 spiro atoms. The Kier molecular flexibility index (Phi) is 4.22. The third kappa shape index (κ3) is 3.25. The monoisotopic (exact) mass is 304 g/mol. The van der Waals surface area contributed by atoms with E-state index in [0.29, 0.717) is 12.1 Å². The van der Waals surface area contributed by atoms with Gasteiger partial charge in [0.1, 0.15) is 5.76 Å². The van der Waals surface area contributed by atoms with E-state index in [9.17, 15) is 0 Å². The van der Waals surface area contributed by atoms with E-state index < -0.39 is 0 Å². The van der Waals surface area contributed by atoms with Gasteiger partial charge in [-0.05, 0) is 56.6 Å². The van der Waals surface area contributed by atoms with Crippen molar-refractivity contribution >= 4 is 17.3 Å². The fourth-order valence-electron chi connectivity index (χ4n) is 2.56. The highest BCUT2D eigenvalue weighted by Crippen LogP contribution is 2.37. The maximum absolute atomic E-state index is 6.54. The number of nitrogens with one attached hydrogen (secondary N) is 1. The first kappa shape index (κ1) is 14.5. The Morgan fingerprint density at radius 3 is 2.76 bits per heavy atom. The molecule has 0 saturated heterocycles. The molecule has 21 heavy (non-hydrogen) atoms. The van der Waals surface area contributed by atoms with Gasteiger partial charge < -0.3 is 14.6 Å². The van der Waals surface area contributed by atoms with Gasteiger partial charge in [0, 0.05) is 12.1 Å². The lowest BCUT2D eigenvalue weighted by molar-refractivity contribution is 0.501. The summed E-state index contributed by atoms with van der Waals surface area (Å²) >= 11 is 6.54. The molecule has 112 valence electrons. The summed E-state index contributed by atoms with van der Waals surface area (Å²) in [7, 11) is 1.96. The Labute approximate surface area is 130 Å². The van der Waals surface area contributed by atoms with Crippen LogP contribution in [0.1, 0.15) is 37.1 Å². The van der Waals surface area contributed by atoms with Crippen molar-refractivity contribution in [2.45, 2.75) is 38.4 Å². The van der Waals surface area contributed by atoms with E-state index in [1.54, 1.807) is 6.26 Å². The molecule has 1 aromatic heterocycles. The number of halogens is 1. The average Bonchev–Trinajstić information content (AvgIpc) is 3.21. The molecule has 0 amide bonds. The summed E-state index contributed by atoms with van der Waals surface area (Å²) in [6.07, 6.45) is 4.18. The number of nitrogens with zero attached hydrogens (tertiary/aromatic N) is 1. The molecule has 4 heteroatoms. The first-order valence-electron chi connectivity index (χ1n) is 7.44. The summed E-state index contributed by atoms with van der Waals surface area (Å²) in [5.74, 6) is 0.977. The van der Waals surface area contributed by atoms with Crippen molar-refractivity contribution in [1.82, 2.24) is 5.32 Å². The van der Waals surface area contributed by atoms with E-state index in [1.165, 1.54) is 18.4 Å². The van der Waals surface area contributed by atoms with Gasteiger partial charge in [-0.25, -0.2) is 0 Å². The van der Waals surface area contributed by atoms with Gasteiger partial charge in [-0.3, -0.25) is 0 Å². The van der Waals surface area contributed by atoms with Crippen LogP contribution < -0.4 is 10.2 Å². The smallest absolute Gasteiger partial charge is 0.123 e. The van der Waals surface area contributed by atoms with Crippen molar-refractivity contribution < 1.29 is 4.42 Å². The van der Waals surface area contributed by atoms with E-state index >= 15 is 0 Å². The maximum atomic E-state index is 6.54. The topological polar surface area (TPSA) is 28.4 Å². The van der Waals surface area contributed by atoms with Gasteiger partial charge in [0.2, 0.25) is 0 Å². The number of furan rings is 1. The molecule has 1 saturated carbocycles. The quantitative estimate of drug-likeness (QED) is 0.858. The van der Waals surface area contributed by atoms with E-state index in [-0.39, 0.29) is 0 Å². The molecule has 1 N–H and O–H groups in total. The first-order chi connectivity index (χ1) is 10.2. The molecule has 0 bridgehead atoms. The summed E-state index contributed by atoms with van der Waals surface area (Å²) in [4.78, 5) is 2.36. The molecule has 1 atom stereocenters. The van der Waals surface area contributed by atoms with E-state index in [2.05, 4.69) is 35.3 Å². The lowest BCUT2D eigenvalue weighted by Crippen LogP contribution is -2.25. The second-order valence-electron chi connectivity index (χ2n) is 5.66. The van der Waals surface area contributed by atoms with Crippen LogP contribution in [0.5, 0.6) is 0 Å². The van der Waals surface area contributed by atoms with Crippen LogP contribution in [0.15, 0.2) is 41.0 Å². The van der Waals surface area contributed by atoms with Crippen LogP contribution in [0.3, 0.4) is 0 Å². The number of hydrogen-bond acceptors (Lipinski definition) is 3. The molecule has 1 aliphatic carbocycles. The number of anilines is 1. The molecule has 0 radical (unpaired) electrons. The van der Waals surface area contributed by atoms with Crippen molar-refractivity contribution in [3.05, 3.63) is 52.9 Å². The van der Waals surface area contributed by atoms with Crippen LogP contribution >= 0.6 is 11.6 Å². The van der Waals surface area contributed by atoms with Gasteiger partial charge in [-0.2, -0.15) is 0 Å². The molecule has 3 rings (SSSR count). The Morgan fingerprint density at radius 2 is 2.19 bits per heavy atom. The van der Waals surface area contributed by atoms with Crippen molar-refractivity contribution in [1.29, 1.82) is 0 Å². The largest absolute Gasteiger partial charge is 0.467 e. The zero-order valence-corrected chi connectivity index (χ0v) is 13.2. The van der Waals surface area contributed by atoms with Gasteiger partial charge in [0.05, 0.1) is 23.5 Å². The predicted molar refractivity (Wildman–Crippen MR) is 86.8 cm³/mol. The number of hydrogen-bond donors (Lipinski definition) is 1. The zero-order valence-electron chi connectivity index (χ0n) is 12.5. The van der Waals surface area contributed by atoms with Crippen LogP contribution in [0, 0.1) is 0 Å². The molecule has 3 nitrogen and oxygen atoms in total. The SMILES string of the molecule is CNC(C)c1ccc(N(Cc2ccco2)C2CC2)c(Cl)c1. The van der Waals surface area contributed by atoms with Gasteiger partial charge >= 0.3 is 0 Å². The Balaban J connectivity index is 1.85. The highest BCUT2D eigenvalue weighted by atomic mass is 35.5. The second-order valence-corrected chi connectivity index (χ2v) is 6.07. The van der Waals surface area contributed by atoms with Crippen LogP contribution in [-0.4, -0.2) is 13.1 Å². The molecule has 2 aromatic rings. The number of benzene rings is 1. The molecular formula is C17H21ClN2O. The standard InChI is InChI=1S/C17H21ClN2O/c1-12(19-2)13-5-8-17(16(18)10-13)20(14-6-7-14)11-15-4-3-9-21-15/h3-5,8-10,12,14,19H,6-7,11H2,1-2H3. The summed E-state index contributed by atoms with van der Waals surface area (Å²) in [6, 6.07) is 11.2. The van der Waals surface area contributed by atoms with Crippen LogP contribution in [-0.2, 0) is 6.54 Å². The van der Waals surface area contributed by atoms with Crippen molar-refractivity contribution in [2.75, 3.05) is 11.9 Å². The summed E-state index contributed by atoms with van der Waals surface area (Å²) in [5, 5.41) is 4.05. The van der Waals surface area contributed by atoms with Gasteiger partial charge in [-0.1, -0.05) is 17.7 Å². The highest BCUT2D eigenvalue weighted by Gasteiger charge is 2.31. The lowest BCUT2D eigenvalue weighted by atomic mass is 10.1. The third-order valence-electron chi connectivity index (χ3n) is 4.11. The van der Waals surface area contributed by atoms with Gasteiger partial charge in [0.25, 0.3) is 0 Å².